The molecule has 0 bridgehead atoms. The first-order valence-corrected chi connectivity index (χ1v) is 5.03. The number of nitrogens with zero attached hydrogens (tertiary/aromatic N) is 1. The minimum absolute atomic E-state index is 0.0849. The lowest BCUT2D eigenvalue weighted by Crippen LogP contribution is -2.38. The second-order valence-electron chi connectivity index (χ2n) is 4.96. The Morgan fingerprint density at radius 3 is 2.60 bits per heavy atom. The van der Waals surface area contributed by atoms with Gasteiger partial charge in [-0.1, -0.05) is 0 Å². The Morgan fingerprint density at radius 2 is 2.20 bits per heavy atom. The van der Waals surface area contributed by atoms with Crippen molar-refractivity contribution in [2.45, 2.75) is 38.5 Å². The van der Waals surface area contributed by atoms with E-state index in [4.69, 9.17) is 9.84 Å². The molecule has 88 valence electrons. The average Bonchev–Trinajstić information content (AvgIpc) is 2.46. The number of aliphatic hydroxyl groups excluding tert-OH is 1. The van der Waals surface area contributed by atoms with Gasteiger partial charge in [-0.3, -0.25) is 0 Å². The normalized spacial score (nSPS) is 26.9. The summed E-state index contributed by atoms with van der Waals surface area (Å²) in [6.07, 6.45) is -0.349. The van der Waals surface area contributed by atoms with Gasteiger partial charge in [-0.05, 0) is 20.8 Å². The van der Waals surface area contributed by atoms with Crippen molar-refractivity contribution in [3.63, 3.8) is 0 Å². The van der Waals surface area contributed by atoms with Crippen LogP contribution in [-0.2, 0) is 4.74 Å². The number of hydrogen-bond acceptors (Lipinski definition) is 3. The molecule has 1 N–H and O–H groups in total. The van der Waals surface area contributed by atoms with Crippen LogP contribution < -0.4 is 0 Å². The van der Waals surface area contributed by atoms with Gasteiger partial charge in [0.25, 0.3) is 0 Å². The number of ether oxygens (including phenoxy) is 1. The third-order valence-electron chi connectivity index (χ3n) is 2.24. The lowest BCUT2D eigenvalue weighted by Gasteiger charge is -2.24. The molecule has 4 nitrogen and oxygen atoms in total. The molecule has 0 unspecified atom stereocenters. The van der Waals surface area contributed by atoms with Crippen molar-refractivity contribution >= 4 is 6.09 Å². The maximum atomic E-state index is 13.6. The van der Waals surface area contributed by atoms with Gasteiger partial charge in [0.1, 0.15) is 5.60 Å². The number of aliphatic hydroxyl groups is 1. The van der Waals surface area contributed by atoms with Gasteiger partial charge >= 0.3 is 6.09 Å². The number of alkyl halides is 1. The molecule has 0 aliphatic carbocycles. The molecule has 1 atom stereocenters. The van der Waals surface area contributed by atoms with E-state index in [0.29, 0.717) is 6.54 Å². The fourth-order valence-corrected chi connectivity index (χ4v) is 1.45. The van der Waals surface area contributed by atoms with Gasteiger partial charge in [0.15, 0.2) is 5.67 Å². The summed E-state index contributed by atoms with van der Waals surface area (Å²) in [6.45, 7) is 4.94. The van der Waals surface area contributed by atoms with Gasteiger partial charge in [0.2, 0.25) is 0 Å². The van der Waals surface area contributed by atoms with Crippen molar-refractivity contribution in [3.05, 3.63) is 0 Å². The summed E-state index contributed by atoms with van der Waals surface area (Å²) in [7, 11) is 0. The van der Waals surface area contributed by atoms with Crippen LogP contribution in [0.15, 0.2) is 0 Å². The van der Waals surface area contributed by atoms with E-state index in [2.05, 4.69) is 0 Å². The second kappa shape index (κ2) is 3.96. The molecule has 0 radical (unpaired) electrons. The van der Waals surface area contributed by atoms with Gasteiger partial charge in [0.05, 0.1) is 13.2 Å². The van der Waals surface area contributed by atoms with Crippen LogP contribution in [0.2, 0.25) is 0 Å². The summed E-state index contributed by atoms with van der Waals surface area (Å²) in [5.41, 5.74) is -2.23. The second-order valence-corrected chi connectivity index (χ2v) is 4.96. The van der Waals surface area contributed by atoms with Gasteiger partial charge in [-0.2, -0.15) is 0 Å². The minimum atomic E-state index is -1.66. The molecule has 0 aromatic carbocycles. The highest BCUT2D eigenvalue weighted by Gasteiger charge is 2.41. The highest BCUT2D eigenvalue weighted by molar-refractivity contribution is 5.68. The number of hydrogen-bond donors (Lipinski definition) is 1. The fraction of sp³-hybridized carbons (Fsp3) is 0.900. The van der Waals surface area contributed by atoms with E-state index < -0.39 is 24.0 Å². The van der Waals surface area contributed by atoms with Crippen molar-refractivity contribution in [3.8, 4) is 0 Å². The summed E-state index contributed by atoms with van der Waals surface area (Å²) < 4.78 is 18.7. The Kier molecular flexibility index (Phi) is 3.23. The van der Waals surface area contributed by atoms with Crippen molar-refractivity contribution in [1.29, 1.82) is 0 Å². The monoisotopic (exact) mass is 219 g/mol. The molecule has 15 heavy (non-hydrogen) atoms. The van der Waals surface area contributed by atoms with Crippen LogP contribution in [0, 0.1) is 0 Å². The van der Waals surface area contributed by atoms with Gasteiger partial charge in [-0.25, -0.2) is 9.18 Å². The molecule has 1 saturated heterocycles. The van der Waals surface area contributed by atoms with E-state index in [1.54, 1.807) is 20.8 Å². The standard InChI is InChI=1S/C10H18FNO3/c1-9(2,3)15-8(14)12-5-4-10(11,6-12)7-13/h13H,4-7H2,1-3H3/t10-/m0/s1. The van der Waals surface area contributed by atoms with E-state index in [1.807, 2.05) is 0 Å². The van der Waals surface area contributed by atoms with Crippen LogP contribution in [-0.4, -0.2) is 47.1 Å². The molecule has 0 aromatic heterocycles. The molecule has 0 saturated carbocycles. The van der Waals surface area contributed by atoms with Crippen LogP contribution in [0.1, 0.15) is 27.2 Å². The summed E-state index contributed by atoms with van der Waals surface area (Å²) in [5, 5.41) is 8.80. The molecule has 1 amide bonds. The number of rotatable bonds is 1. The largest absolute Gasteiger partial charge is 0.444 e. The van der Waals surface area contributed by atoms with Crippen LogP contribution in [0.4, 0.5) is 9.18 Å². The quantitative estimate of drug-likeness (QED) is 0.723. The first kappa shape index (κ1) is 12.2. The number of carbonyl (C=O) groups is 1. The van der Waals surface area contributed by atoms with Gasteiger partial charge < -0.3 is 14.7 Å². The maximum Gasteiger partial charge on any atom is 0.410 e. The van der Waals surface area contributed by atoms with Gasteiger partial charge in [-0.15, -0.1) is 0 Å². The smallest absolute Gasteiger partial charge is 0.410 e. The molecule has 1 rings (SSSR count). The molecule has 1 aliphatic heterocycles. The molecular formula is C10H18FNO3. The first-order chi connectivity index (χ1) is 6.76. The van der Waals surface area contributed by atoms with E-state index in [9.17, 15) is 9.18 Å². The lowest BCUT2D eigenvalue weighted by atomic mass is 10.1. The Labute approximate surface area is 89.0 Å². The number of likely N-dealkylation sites (tertiary alicyclic amines) is 1. The predicted molar refractivity (Wildman–Crippen MR) is 53.3 cm³/mol. The molecule has 0 aromatic rings. The highest BCUT2D eigenvalue weighted by atomic mass is 19.1. The predicted octanol–water partition coefficient (Wildman–Crippen LogP) is 1.33. The summed E-state index contributed by atoms with van der Waals surface area (Å²) >= 11 is 0. The van der Waals surface area contributed by atoms with Gasteiger partial charge in [0, 0.05) is 13.0 Å². The maximum absolute atomic E-state index is 13.6. The first-order valence-electron chi connectivity index (χ1n) is 5.03. The van der Waals surface area contributed by atoms with E-state index in [-0.39, 0.29) is 13.0 Å². The zero-order valence-electron chi connectivity index (χ0n) is 9.42. The van der Waals surface area contributed by atoms with Crippen molar-refractivity contribution < 1.29 is 19.0 Å². The van der Waals surface area contributed by atoms with Crippen LogP contribution in [0.3, 0.4) is 0 Å². The zero-order chi connectivity index (χ0) is 11.7. The Bertz CT molecular complexity index is 252. The summed E-state index contributed by atoms with van der Waals surface area (Å²) in [5.74, 6) is 0. The Balaban J connectivity index is 2.51. The number of carbonyl (C=O) groups excluding carboxylic acids is 1. The van der Waals surface area contributed by atoms with E-state index in [1.165, 1.54) is 4.90 Å². The lowest BCUT2D eigenvalue weighted by molar-refractivity contribution is 0.0219. The number of amides is 1. The van der Waals surface area contributed by atoms with Crippen molar-refractivity contribution in [2.75, 3.05) is 19.7 Å². The fourth-order valence-electron chi connectivity index (χ4n) is 1.45. The highest BCUT2D eigenvalue weighted by Crippen LogP contribution is 2.26. The molecule has 0 spiro atoms. The van der Waals surface area contributed by atoms with Crippen molar-refractivity contribution in [1.82, 2.24) is 4.90 Å². The van der Waals surface area contributed by atoms with E-state index >= 15 is 0 Å². The third kappa shape index (κ3) is 3.34. The summed E-state index contributed by atoms with van der Waals surface area (Å²) in [4.78, 5) is 12.8. The average molecular weight is 219 g/mol. The zero-order valence-corrected chi connectivity index (χ0v) is 9.42. The van der Waals surface area contributed by atoms with Crippen LogP contribution in [0.25, 0.3) is 0 Å². The van der Waals surface area contributed by atoms with Crippen molar-refractivity contribution in [2.24, 2.45) is 0 Å². The van der Waals surface area contributed by atoms with Crippen LogP contribution in [0.5, 0.6) is 0 Å². The minimum Gasteiger partial charge on any atom is -0.444 e. The Morgan fingerprint density at radius 1 is 1.60 bits per heavy atom. The van der Waals surface area contributed by atoms with Crippen LogP contribution >= 0.6 is 0 Å². The van der Waals surface area contributed by atoms with E-state index in [0.717, 1.165) is 0 Å². The molecule has 5 heteroatoms. The molecular weight excluding hydrogens is 201 g/mol. The Hall–Kier alpha value is -0.840. The summed E-state index contributed by atoms with van der Waals surface area (Å²) in [6, 6.07) is 0. The topological polar surface area (TPSA) is 49.8 Å². The molecule has 1 heterocycles. The number of halogens is 1. The molecule has 1 fully saturated rings. The third-order valence-corrected chi connectivity index (χ3v) is 2.24. The SMILES string of the molecule is CC(C)(C)OC(=O)N1CC[C@@](F)(CO)C1. The molecule has 1 aliphatic rings.